The van der Waals surface area contributed by atoms with Crippen molar-refractivity contribution in [2.24, 2.45) is 5.92 Å². The molecule has 8 heteroatoms. The van der Waals surface area contributed by atoms with Crippen molar-refractivity contribution in [1.29, 1.82) is 0 Å². The van der Waals surface area contributed by atoms with Crippen LogP contribution in [0.2, 0.25) is 0 Å². The largest absolute Gasteiger partial charge is 0.347 e. The molecule has 1 aromatic heterocycles. The first kappa shape index (κ1) is 20.2. The molecular weight excluding hydrogens is 372 g/mol. The van der Waals surface area contributed by atoms with E-state index in [1.165, 1.54) is 11.3 Å². The summed E-state index contributed by atoms with van der Waals surface area (Å²) in [7, 11) is 0. The van der Waals surface area contributed by atoms with Crippen LogP contribution in [0, 0.1) is 5.92 Å². The maximum Gasteiger partial charge on any atom is 0.324 e. The Bertz CT molecular complexity index is 738. The monoisotopic (exact) mass is 394 g/mol. The first-order chi connectivity index (χ1) is 12.1. The van der Waals surface area contributed by atoms with Gasteiger partial charge in [-0.2, -0.15) is 0 Å². The average Bonchev–Trinajstić information content (AvgIpc) is 3.06. The second-order valence-corrected chi connectivity index (χ2v) is 7.24. The van der Waals surface area contributed by atoms with Crippen LogP contribution in [0.4, 0.5) is 15.5 Å². The molecule has 1 aromatic carbocycles. The number of nitrogens with one attached hydrogen (secondary N) is 4. The van der Waals surface area contributed by atoms with Crippen LogP contribution in [0.1, 0.15) is 23.0 Å². The summed E-state index contributed by atoms with van der Waals surface area (Å²) in [4.78, 5) is 25.0. The standard InChI is InChI=1S/C18H22N4O2S.ClH/c1-12-9-10-19-11-14(12)21-17(23)15-7-8-16(25-15)22-18(24)20-13-5-3-2-4-6-13;/h2-8,12,14,19H,9-11H2,1H3,(H,21,23)(H2,20,22,24);1H. The highest BCUT2D eigenvalue weighted by atomic mass is 35.5. The first-order valence-electron chi connectivity index (χ1n) is 8.36. The van der Waals surface area contributed by atoms with Crippen LogP contribution in [-0.2, 0) is 0 Å². The van der Waals surface area contributed by atoms with E-state index in [1.807, 2.05) is 30.3 Å². The Hall–Kier alpha value is -2.09. The molecule has 26 heavy (non-hydrogen) atoms. The van der Waals surface area contributed by atoms with Crippen molar-refractivity contribution < 1.29 is 9.59 Å². The Morgan fingerprint density at radius 1 is 1.12 bits per heavy atom. The van der Waals surface area contributed by atoms with E-state index in [9.17, 15) is 9.59 Å². The van der Waals surface area contributed by atoms with Crippen LogP contribution < -0.4 is 21.3 Å². The number of piperidine rings is 1. The maximum atomic E-state index is 12.4. The smallest absolute Gasteiger partial charge is 0.324 e. The molecule has 140 valence electrons. The summed E-state index contributed by atoms with van der Waals surface area (Å²) in [6.45, 7) is 3.95. The number of anilines is 2. The fraction of sp³-hybridized carbons (Fsp3) is 0.333. The molecule has 1 fully saturated rings. The molecule has 0 spiro atoms. The lowest BCUT2D eigenvalue weighted by Crippen LogP contribution is -2.50. The van der Waals surface area contributed by atoms with Crippen LogP contribution in [-0.4, -0.2) is 31.1 Å². The number of rotatable bonds is 4. The molecule has 0 bridgehead atoms. The van der Waals surface area contributed by atoms with Crippen molar-refractivity contribution >= 4 is 46.4 Å². The van der Waals surface area contributed by atoms with Gasteiger partial charge in [-0.15, -0.1) is 23.7 Å². The van der Waals surface area contributed by atoms with Crippen molar-refractivity contribution in [2.75, 3.05) is 23.7 Å². The molecule has 4 N–H and O–H groups in total. The third kappa shape index (κ3) is 5.45. The highest BCUT2D eigenvalue weighted by Crippen LogP contribution is 2.23. The number of urea groups is 1. The van der Waals surface area contributed by atoms with Gasteiger partial charge < -0.3 is 16.0 Å². The van der Waals surface area contributed by atoms with Crippen LogP contribution in [0.25, 0.3) is 0 Å². The minimum absolute atomic E-state index is 0. The van der Waals surface area contributed by atoms with Gasteiger partial charge in [-0.05, 0) is 43.1 Å². The average molecular weight is 395 g/mol. The van der Waals surface area contributed by atoms with Crippen LogP contribution in [0.3, 0.4) is 0 Å². The summed E-state index contributed by atoms with van der Waals surface area (Å²) >= 11 is 1.27. The minimum atomic E-state index is -0.329. The van der Waals surface area contributed by atoms with Crippen molar-refractivity contribution in [1.82, 2.24) is 10.6 Å². The zero-order chi connectivity index (χ0) is 17.6. The Morgan fingerprint density at radius 2 is 1.88 bits per heavy atom. The SMILES string of the molecule is CC1CCNCC1NC(=O)c1ccc(NC(=O)Nc2ccccc2)s1.Cl. The number of carbonyl (C=O) groups is 2. The van der Waals surface area contributed by atoms with Crippen molar-refractivity contribution in [3.05, 3.63) is 47.3 Å². The summed E-state index contributed by atoms with van der Waals surface area (Å²) in [6, 6.07) is 12.5. The van der Waals surface area contributed by atoms with E-state index >= 15 is 0 Å². The number of carbonyl (C=O) groups excluding carboxylic acids is 2. The van der Waals surface area contributed by atoms with E-state index in [2.05, 4.69) is 28.2 Å². The fourth-order valence-corrected chi connectivity index (χ4v) is 3.55. The summed E-state index contributed by atoms with van der Waals surface area (Å²) in [6.07, 6.45) is 1.06. The summed E-state index contributed by atoms with van der Waals surface area (Å²) in [5.74, 6) is 0.362. The molecule has 1 aliphatic rings. The number of benzene rings is 1. The highest BCUT2D eigenvalue weighted by Gasteiger charge is 2.23. The molecule has 2 atom stereocenters. The second kappa shape index (κ2) is 9.56. The molecule has 0 radical (unpaired) electrons. The summed E-state index contributed by atoms with van der Waals surface area (Å²) in [5, 5.41) is 12.5. The molecule has 2 heterocycles. The molecule has 3 amide bonds. The molecule has 6 nitrogen and oxygen atoms in total. The molecule has 0 saturated carbocycles. The third-order valence-corrected chi connectivity index (χ3v) is 5.24. The van der Waals surface area contributed by atoms with E-state index in [0.29, 0.717) is 21.5 Å². The molecule has 1 saturated heterocycles. The summed E-state index contributed by atoms with van der Waals surface area (Å²) < 4.78 is 0. The van der Waals surface area contributed by atoms with Crippen molar-refractivity contribution in [3.63, 3.8) is 0 Å². The Balaban J connectivity index is 0.00000243. The molecule has 0 aliphatic carbocycles. The Morgan fingerprint density at radius 3 is 2.62 bits per heavy atom. The van der Waals surface area contributed by atoms with Crippen LogP contribution in [0.5, 0.6) is 0 Å². The van der Waals surface area contributed by atoms with Gasteiger partial charge in [0.1, 0.15) is 0 Å². The lowest BCUT2D eigenvalue weighted by molar-refractivity contribution is 0.0919. The van der Waals surface area contributed by atoms with E-state index in [4.69, 9.17) is 0 Å². The van der Waals surface area contributed by atoms with Crippen LogP contribution in [0.15, 0.2) is 42.5 Å². The van der Waals surface area contributed by atoms with E-state index in [0.717, 1.165) is 19.5 Å². The molecule has 1 aliphatic heterocycles. The molecule has 2 unspecified atom stereocenters. The number of para-hydroxylation sites is 1. The normalized spacial score (nSPS) is 19.1. The van der Waals surface area contributed by atoms with Gasteiger partial charge in [-0.25, -0.2) is 4.79 Å². The van der Waals surface area contributed by atoms with Gasteiger partial charge in [0, 0.05) is 18.3 Å². The number of halogens is 1. The van der Waals surface area contributed by atoms with E-state index in [-0.39, 0.29) is 30.4 Å². The predicted octanol–water partition coefficient (Wildman–Crippen LogP) is 3.54. The molecular formula is C18H23ClN4O2S. The number of amides is 3. The second-order valence-electron chi connectivity index (χ2n) is 6.16. The van der Waals surface area contributed by atoms with Crippen molar-refractivity contribution in [2.45, 2.75) is 19.4 Å². The quantitative estimate of drug-likeness (QED) is 0.640. The van der Waals surface area contributed by atoms with Gasteiger partial charge in [0.25, 0.3) is 5.91 Å². The fourth-order valence-electron chi connectivity index (χ4n) is 2.75. The molecule has 3 rings (SSSR count). The minimum Gasteiger partial charge on any atom is -0.347 e. The predicted molar refractivity (Wildman–Crippen MR) is 109 cm³/mol. The number of hydrogen-bond donors (Lipinski definition) is 4. The maximum absolute atomic E-state index is 12.4. The zero-order valence-electron chi connectivity index (χ0n) is 14.5. The zero-order valence-corrected chi connectivity index (χ0v) is 16.1. The van der Waals surface area contributed by atoms with Gasteiger partial charge in [0.2, 0.25) is 0 Å². The number of thiophene rings is 1. The van der Waals surface area contributed by atoms with Gasteiger partial charge in [-0.3, -0.25) is 10.1 Å². The van der Waals surface area contributed by atoms with E-state index in [1.54, 1.807) is 12.1 Å². The highest BCUT2D eigenvalue weighted by molar-refractivity contribution is 7.18. The Kier molecular flexibility index (Phi) is 7.44. The van der Waals surface area contributed by atoms with Gasteiger partial charge >= 0.3 is 6.03 Å². The number of hydrogen-bond acceptors (Lipinski definition) is 4. The lowest BCUT2D eigenvalue weighted by Gasteiger charge is -2.30. The molecule has 2 aromatic rings. The lowest BCUT2D eigenvalue weighted by atomic mass is 9.95. The van der Waals surface area contributed by atoms with E-state index < -0.39 is 0 Å². The van der Waals surface area contributed by atoms with Gasteiger partial charge in [-0.1, -0.05) is 25.1 Å². The first-order valence-corrected chi connectivity index (χ1v) is 9.18. The topological polar surface area (TPSA) is 82.3 Å². The van der Waals surface area contributed by atoms with Gasteiger partial charge in [0.15, 0.2) is 0 Å². The summed E-state index contributed by atoms with van der Waals surface area (Å²) in [5.41, 5.74) is 0.716. The van der Waals surface area contributed by atoms with Gasteiger partial charge in [0.05, 0.1) is 9.88 Å². The Labute approximate surface area is 163 Å². The third-order valence-electron chi connectivity index (χ3n) is 4.24. The van der Waals surface area contributed by atoms with Crippen LogP contribution >= 0.6 is 23.7 Å². The van der Waals surface area contributed by atoms with Crippen molar-refractivity contribution in [3.8, 4) is 0 Å².